The normalized spacial score (nSPS) is 12.4. The van der Waals surface area contributed by atoms with Crippen LogP contribution in [0, 0.1) is 10.1 Å². The van der Waals surface area contributed by atoms with Crippen LogP contribution in [0.5, 0.6) is 11.5 Å². The molecule has 0 spiro atoms. The molecule has 0 aromatic heterocycles. The molecule has 1 amide bonds. The van der Waals surface area contributed by atoms with Crippen LogP contribution in [0.3, 0.4) is 0 Å². The predicted octanol–water partition coefficient (Wildman–Crippen LogP) is 3.00. The summed E-state index contributed by atoms with van der Waals surface area (Å²) >= 11 is 0. The lowest BCUT2D eigenvalue weighted by atomic mass is 10.1. The number of likely N-dealkylation sites (N-methyl/N-ethyl adjacent to an activating group) is 1. The number of nitrogens with zero attached hydrogens (tertiary/aromatic N) is 2. The van der Waals surface area contributed by atoms with E-state index in [0.717, 1.165) is 11.1 Å². The Morgan fingerprint density at radius 2 is 1.92 bits per heavy atom. The number of fused-ring (bicyclic) bond motifs is 1. The predicted molar refractivity (Wildman–Crippen MR) is 91.2 cm³/mol. The lowest BCUT2D eigenvalue weighted by Crippen LogP contribution is -2.24. The number of nitro benzene ring substituents is 1. The van der Waals surface area contributed by atoms with Crippen molar-refractivity contribution in [3.8, 4) is 11.5 Å². The van der Waals surface area contributed by atoms with E-state index in [2.05, 4.69) is 0 Å². The first-order chi connectivity index (χ1) is 12.0. The summed E-state index contributed by atoms with van der Waals surface area (Å²) in [5.74, 6) is 1.21. The van der Waals surface area contributed by atoms with Gasteiger partial charge in [0.1, 0.15) is 0 Å². The Kier molecular flexibility index (Phi) is 4.65. The maximum Gasteiger partial charge on any atom is 0.269 e. The fourth-order valence-corrected chi connectivity index (χ4v) is 2.39. The van der Waals surface area contributed by atoms with E-state index in [9.17, 15) is 14.9 Å². The van der Waals surface area contributed by atoms with E-state index in [1.807, 2.05) is 18.2 Å². The Hall–Kier alpha value is -3.35. The fraction of sp³-hybridized carbons (Fsp3) is 0.167. The molecule has 0 saturated heterocycles. The maximum atomic E-state index is 12.2. The third kappa shape index (κ3) is 3.95. The van der Waals surface area contributed by atoms with Crippen LogP contribution in [0.25, 0.3) is 6.08 Å². The van der Waals surface area contributed by atoms with E-state index < -0.39 is 4.92 Å². The van der Waals surface area contributed by atoms with Crippen molar-refractivity contribution in [3.63, 3.8) is 0 Å². The monoisotopic (exact) mass is 340 g/mol. The van der Waals surface area contributed by atoms with Gasteiger partial charge in [-0.1, -0.05) is 6.07 Å². The van der Waals surface area contributed by atoms with Gasteiger partial charge in [0.2, 0.25) is 12.7 Å². The zero-order chi connectivity index (χ0) is 17.8. The van der Waals surface area contributed by atoms with E-state index in [4.69, 9.17) is 9.47 Å². The molecule has 7 heteroatoms. The van der Waals surface area contributed by atoms with Crippen LogP contribution in [-0.4, -0.2) is 29.6 Å². The van der Waals surface area contributed by atoms with Crippen molar-refractivity contribution >= 4 is 17.7 Å². The average Bonchev–Trinajstić information content (AvgIpc) is 3.07. The lowest BCUT2D eigenvalue weighted by molar-refractivity contribution is -0.384. The summed E-state index contributed by atoms with van der Waals surface area (Å²) in [5, 5.41) is 10.6. The molecule has 0 radical (unpaired) electrons. The summed E-state index contributed by atoms with van der Waals surface area (Å²) in [7, 11) is 1.70. The number of non-ortho nitro benzene ring substituents is 1. The summed E-state index contributed by atoms with van der Waals surface area (Å²) < 4.78 is 10.6. The number of nitro groups is 1. The molecule has 0 aliphatic carbocycles. The first-order valence-corrected chi connectivity index (χ1v) is 7.59. The first-order valence-electron chi connectivity index (χ1n) is 7.59. The highest BCUT2D eigenvalue weighted by Crippen LogP contribution is 2.32. The SMILES string of the molecule is CN(Cc1ccc2c(c1)OCO2)C(=O)/C=C/c1ccc([N+](=O)[O-])cc1. The standard InChI is InChI=1S/C18H16N2O5/c1-19(11-14-4-8-16-17(10-14)25-12-24-16)18(21)9-5-13-2-6-15(7-3-13)20(22)23/h2-10H,11-12H2,1H3/b9-5+. The van der Waals surface area contributed by atoms with Crippen LogP contribution in [-0.2, 0) is 11.3 Å². The Bertz CT molecular complexity index is 830. The number of rotatable bonds is 5. The minimum Gasteiger partial charge on any atom is -0.454 e. The summed E-state index contributed by atoms with van der Waals surface area (Å²) in [5.41, 5.74) is 1.67. The van der Waals surface area contributed by atoms with Crippen molar-refractivity contribution in [2.24, 2.45) is 0 Å². The molecule has 1 aliphatic heterocycles. The Balaban J connectivity index is 1.61. The second-order valence-electron chi connectivity index (χ2n) is 5.56. The first kappa shape index (κ1) is 16.5. The third-order valence-electron chi connectivity index (χ3n) is 3.76. The van der Waals surface area contributed by atoms with Gasteiger partial charge in [0.05, 0.1) is 4.92 Å². The highest BCUT2D eigenvalue weighted by atomic mass is 16.7. The fourth-order valence-electron chi connectivity index (χ4n) is 2.39. The number of hydrogen-bond donors (Lipinski definition) is 0. The minimum atomic E-state index is -0.461. The smallest absolute Gasteiger partial charge is 0.269 e. The molecule has 1 aliphatic rings. The molecule has 1 heterocycles. The number of carbonyl (C=O) groups is 1. The summed E-state index contributed by atoms with van der Waals surface area (Å²) in [6.45, 7) is 0.644. The van der Waals surface area contributed by atoms with Gasteiger partial charge < -0.3 is 14.4 Å². The molecule has 2 aromatic carbocycles. The quantitative estimate of drug-likeness (QED) is 0.475. The van der Waals surface area contributed by atoms with Gasteiger partial charge in [-0.25, -0.2) is 0 Å². The van der Waals surface area contributed by atoms with Crippen molar-refractivity contribution in [2.45, 2.75) is 6.54 Å². The van der Waals surface area contributed by atoms with Gasteiger partial charge in [-0.3, -0.25) is 14.9 Å². The molecule has 0 saturated carbocycles. The van der Waals surface area contributed by atoms with Crippen molar-refractivity contribution in [1.29, 1.82) is 0 Å². The number of hydrogen-bond acceptors (Lipinski definition) is 5. The van der Waals surface area contributed by atoms with Gasteiger partial charge in [0, 0.05) is 31.8 Å². The molecular formula is C18H16N2O5. The van der Waals surface area contributed by atoms with E-state index in [0.29, 0.717) is 18.0 Å². The molecule has 0 unspecified atom stereocenters. The maximum absolute atomic E-state index is 12.2. The average molecular weight is 340 g/mol. The van der Waals surface area contributed by atoms with Gasteiger partial charge in [-0.05, 0) is 41.5 Å². The van der Waals surface area contributed by atoms with Crippen LogP contribution >= 0.6 is 0 Å². The van der Waals surface area contributed by atoms with E-state index in [1.54, 1.807) is 30.2 Å². The molecule has 0 bridgehead atoms. The molecule has 3 rings (SSSR count). The van der Waals surface area contributed by atoms with Gasteiger partial charge in [0.15, 0.2) is 11.5 Å². The van der Waals surface area contributed by atoms with Crippen molar-refractivity contribution in [3.05, 3.63) is 69.8 Å². The minimum absolute atomic E-state index is 0.0170. The van der Waals surface area contributed by atoms with Crippen molar-refractivity contribution < 1.29 is 19.2 Å². The number of amides is 1. The van der Waals surface area contributed by atoms with Crippen LogP contribution in [0.4, 0.5) is 5.69 Å². The number of benzene rings is 2. The summed E-state index contributed by atoms with van der Waals surface area (Å²) in [6.07, 6.45) is 3.07. The Morgan fingerprint density at radius 3 is 2.64 bits per heavy atom. The molecule has 128 valence electrons. The van der Waals surface area contributed by atoms with Crippen molar-refractivity contribution in [2.75, 3.05) is 13.8 Å². The van der Waals surface area contributed by atoms with Gasteiger partial charge in [-0.15, -0.1) is 0 Å². The third-order valence-corrected chi connectivity index (χ3v) is 3.76. The van der Waals surface area contributed by atoms with Crippen LogP contribution in [0.15, 0.2) is 48.5 Å². The highest BCUT2D eigenvalue weighted by Gasteiger charge is 2.14. The molecule has 0 N–H and O–H groups in total. The number of ether oxygens (including phenoxy) is 2. The molecule has 0 fully saturated rings. The molecular weight excluding hydrogens is 324 g/mol. The van der Waals surface area contributed by atoms with Crippen LogP contribution < -0.4 is 9.47 Å². The highest BCUT2D eigenvalue weighted by molar-refractivity contribution is 5.91. The molecule has 7 nitrogen and oxygen atoms in total. The van der Waals surface area contributed by atoms with Crippen molar-refractivity contribution in [1.82, 2.24) is 4.90 Å². The Labute approximate surface area is 144 Å². The lowest BCUT2D eigenvalue weighted by Gasteiger charge is -2.15. The molecule has 25 heavy (non-hydrogen) atoms. The zero-order valence-electron chi connectivity index (χ0n) is 13.5. The largest absolute Gasteiger partial charge is 0.454 e. The van der Waals surface area contributed by atoms with Crippen LogP contribution in [0.1, 0.15) is 11.1 Å². The second kappa shape index (κ2) is 7.04. The molecule has 0 atom stereocenters. The van der Waals surface area contributed by atoms with Gasteiger partial charge in [0.25, 0.3) is 5.69 Å². The number of carbonyl (C=O) groups excluding carboxylic acids is 1. The molecule has 2 aromatic rings. The summed E-state index contributed by atoms with van der Waals surface area (Å²) in [6, 6.07) is 11.6. The van der Waals surface area contributed by atoms with Gasteiger partial charge in [-0.2, -0.15) is 0 Å². The topological polar surface area (TPSA) is 81.9 Å². The van der Waals surface area contributed by atoms with E-state index >= 15 is 0 Å². The second-order valence-corrected chi connectivity index (χ2v) is 5.56. The Morgan fingerprint density at radius 1 is 1.20 bits per heavy atom. The van der Waals surface area contributed by atoms with E-state index in [1.165, 1.54) is 18.2 Å². The zero-order valence-corrected chi connectivity index (χ0v) is 13.5. The van der Waals surface area contributed by atoms with Crippen LogP contribution in [0.2, 0.25) is 0 Å². The summed E-state index contributed by atoms with van der Waals surface area (Å²) in [4.78, 5) is 23.9. The van der Waals surface area contributed by atoms with Gasteiger partial charge >= 0.3 is 0 Å². The van der Waals surface area contributed by atoms with E-state index in [-0.39, 0.29) is 18.4 Å².